The number of furan rings is 1. The topological polar surface area (TPSA) is 51.8 Å². The van der Waals surface area contributed by atoms with Gasteiger partial charge in [-0.1, -0.05) is 170 Å². The van der Waals surface area contributed by atoms with Gasteiger partial charge in [-0.2, -0.15) is 0 Å². The standard InChI is InChI=1S/C49H31N3O/c1-4-12-32(13-5-1)33-20-22-34(23-21-33)35-24-26-36(27-25-35)39-28-29-40-31-43(45-41-18-10-11-19-44(41)53-46(45)42(40)30-39)49-51-47(37-14-6-2-7-15-37)50-48(52-49)38-16-8-3-9-17-38/h1-31H. The second kappa shape index (κ2) is 12.9. The Kier molecular flexibility index (Phi) is 7.43. The molecule has 4 nitrogen and oxygen atoms in total. The van der Waals surface area contributed by atoms with E-state index in [1.54, 1.807) is 0 Å². The smallest absolute Gasteiger partial charge is 0.164 e. The first kappa shape index (κ1) is 30.6. The second-order valence-corrected chi connectivity index (χ2v) is 13.2. The van der Waals surface area contributed by atoms with E-state index in [0.717, 1.165) is 60.5 Å². The van der Waals surface area contributed by atoms with Crippen LogP contribution in [0.3, 0.4) is 0 Å². The number of hydrogen-bond acceptors (Lipinski definition) is 4. The van der Waals surface area contributed by atoms with E-state index in [4.69, 9.17) is 19.4 Å². The van der Waals surface area contributed by atoms with Crippen molar-refractivity contribution in [1.82, 2.24) is 15.0 Å². The van der Waals surface area contributed by atoms with E-state index in [0.29, 0.717) is 17.5 Å². The first-order chi connectivity index (χ1) is 26.2. The van der Waals surface area contributed by atoms with E-state index in [9.17, 15) is 0 Å². The van der Waals surface area contributed by atoms with E-state index >= 15 is 0 Å². The molecule has 10 rings (SSSR count). The van der Waals surface area contributed by atoms with Crippen LogP contribution >= 0.6 is 0 Å². The normalized spacial score (nSPS) is 11.4. The van der Waals surface area contributed by atoms with Crippen molar-refractivity contribution in [2.24, 2.45) is 0 Å². The van der Waals surface area contributed by atoms with Crippen LogP contribution in [-0.4, -0.2) is 15.0 Å². The van der Waals surface area contributed by atoms with E-state index in [-0.39, 0.29) is 0 Å². The molecule has 10 aromatic rings. The summed E-state index contributed by atoms with van der Waals surface area (Å²) in [6.07, 6.45) is 0. The third-order valence-corrected chi connectivity index (χ3v) is 9.95. The van der Waals surface area contributed by atoms with Crippen LogP contribution in [0.1, 0.15) is 0 Å². The van der Waals surface area contributed by atoms with Crippen molar-refractivity contribution < 1.29 is 4.42 Å². The molecule has 0 radical (unpaired) electrons. The molecular formula is C49H31N3O. The highest BCUT2D eigenvalue weighted by molar-refractivity contribution is 6.21. The SMILES string of the molecule is c1ccc(-c2ccc(-c3ccc(-c4ccc5cc(-c6nc(-c7ccccc7)nc(-c7ccccc7)n6)c6c7ccccc7oc6c5c4)cc3)cc2)cc1. The molecule has 0 bridgehead atoms. The fourth-order valence-electron chi connectivity index (χ4n) is 7.23. The van der Waals surface area contributed by atoms with Crippen molar-refractivity contribution in [2.45, 2.75) is 0 Å². The Labute approximate surface area is 306 Å². The zero-order valence-electron chi connectivity index (χ0n) is 28.6. The van der Waals surface area contributed by atoms with Gasteiger partial charge >= 0.3 is 0 Å². The molecule has 0 amide bonds. The van der Waals surface area contributed by atoms with Crippen molar-refractivity contribution in [3.05, 3.63) is 188 Å². The number of aromatic nitrogens is 3. The molecule has 0 aliphatic heterocycles. The molecule has 0 fully saturated rings. The highest BCUT2D eigenvalue weighted by Gasteiger charge is 2.20. The van der Waals surface area contributed by atoms with Crippen LogP contribution < -0.4 is 0 Å². The summed E-state index contributed by atoms with van der Waals surface area (Å²) in [6, 6.07) is 65.2. The molecule has 0 saturated heterocycles. The molecule has 0 aliphatic rings. The predicted octanol–water partition coefficient (Wildman–Crippen LogP) is 12.9. The molecule has 4 heteroatoms. The van der Waals surface area contributed by atoms with Gasteiger partial charge in [0.2, 0.25) is 0 Å². The highest BCUT2D eigenvalue weighted by atomic mass is 16.3. The molecule has 0 aliphatic carbocycles. The Morgan fingerprint density at radius 2 is 0.755 bits per heavy atom. The van der Waals surface area contributed by atoms with Crippen LogP contribution in [0.15, 0.2) is 192 Å². The van der Waals surface area contributed by atoms with Crippen molar-refractivity contribution >= 4 is 32.7 Å². The third kappa shape index (κ3) is 5.63. The lowest BCUT2D eigenvalue weighted by atomic mass is 9.95. The number of fused-ring (bicyclic) bond motifs is 5. The van der Waals surface area contributed by atoms with Gasteiger partial charge in [-0.3, -0.25) is 0 Å². The average Bonchev–Trinajstić information content (AvgIpc) is 3.64. The summed E-state index contributed by atoms with van der Waals surface area (Å²) in [5.74, 6) is 1.86. The fraction of sp³-hybridized carbons (Fsp3) is 0. The first-order valence-corrected chi connectivity index (χ1v) is 17.8. The number of nitrogens with zero attached hydrogens (tertiary/aromatic N) is 3. The van der Waals surface area contributed by atoms with Crippen LogP contribution in [0.2, 0.25) is 0 Å². The molecule has 248 valence electrons. The number of hydrogen-bond donors (Lipinski definition) is 0. The number of rotatable bonds is 6. The van der Waals surface area contributed by atoms with E-state index in [1.807, 2.05) is 78.9 Å². The van der Waals surface area contributed by atoms with Crippen LogP contribution in [0.5, 0.6) is 0 Å². The van der Waals surface area contributed by atoms with Crippen LogP contribution in [0.4, 0.5) is 0 Å². The minimum atomic E-state index is 0.604. The van der Waals surface area contributed by atoms with Crippen LogP contribution in [0, 0.1) is 0 Å². The first-order valence-electron chi connectivity index (χ1n) is 17.8. The summed E-state index contributed by atoms with van der Waals surface area (Å²) in [5.41, 5.74) is 11.5. The Morgan fingerprint density at radius 3 is 1.32 bits per heavy atom. The van der Waals surface area contributed by atoms with Gasteiger partial charge < -0.3 is 4.42 Å². The fourth-order valence-corrected chi connectivity index (χ4v) is 7.23. The molecule has 53 heavy (non-hydrogen) atoms. The predicted molar refractivity (Wildman–Crippen MR) is 217 cm³/mol. The summed E-state index contributed by atoms with van der Waals surface area (Å²) < 4.78 is 6.70. The quantitative estimate of drug-likeness (QED) is 0.176. The van der Waals surface area contributed by atoms with Crippen molar-refractivity contribution in [1.29, 1.82) is 0 Å². The second-order valence-electron chi connectivity index (χ2n) is 13.2. The average molecular weight is 678 g/mol. The van der Waals surface area contributed by atoms with Gasteiger partial charge in [-0.25, -0.2) is 15.0 Å². The van der Waals surface area contributed by atoms with Gasteiger partial charge in [0.25, 0.3) is 0 Å². The van der Waals surface area contributed by atoms with Gasteiger partial charge in [0.15, 0.2) is 17.5 Å². The van der Waals surface area contributed by atoms with E-state index in [2.05, 4.69) is 109 Å². The molecular weight excluding hydrogens is 647 g/mol. The van der Waals surface area contributed by atoms with Gasteiger partial charge in [0.05, 0.1) is 0 Å². The van der Waals surface area contributed by atoms with Crippen molar-refractivity contribution in [3.8, 4) is 67.5 Å². The van der Waals surface area contributed by atoms with E-state index in [1.165, 1.54) is 22.3 Å². The summed E-state index contributed by atoms with van der Waals surface area (Å²) in [7, 11) is 0. The van der Waals surface area contributed by atoms with Crippen molar-refractivity contribution in [2.75, 3.05) is 0 Å². The van der Waals surface area contributed by atoms with Gasteiger partial charge in [0.1, 0.15) is 11.2 Å². The third-order valence-electron chi connectivity index (χ3n) is 9.95. The molecule has 0 N–H and O–H groups in total. The lowest BCUT2D eigenvalue weighted by Crippen LogP contribution is -2.00. The number of para-hydroxylation sites is 1. The lowest BCUT2D eigenvalue weighted by molar-refractivity contribution is 0.672. The maximum atomic E-state index is 6.70. The Balaban J connectivity index is 1.09. The zero-order valence-corrected chi connectivity index (χ0v) is 28.6. The highest BCUT2D eigenvalue weighted by Crippen LogP contribution is 2.42. The monoisotopic (exact) mass is 677 g/mol. The Morgan fingerprint density at radius 1 is 0.321 bits per heavy atom. The number of benzene rings is 8. The molecule has 2 aromatic heterocycles. The minimum Gasteiger partial charge on any atom is -0.455 e. The molecule has 0 unspecified atom stereocenters. The molecule has 8 aromatic carbocycles. The van der Waals surface area contributed by atoms with E-state index < -0.39 is 0 Å². The largest absolute Gasteiger partial charge is 0.455 e. The Hall–Kier alpha value is -7.17. The van der Waals surface area contributed by atoms with Crippen molar-refractivity contribution in [3.63, 3.8) is 0 Å². The molecule has 0 saturated carbocycles. The maximum Gasteiger partial charge on any atom is 0.164 e. The molecule has 0 spiro atoms. The minimum absolute atomic E-state index is 0.604. The zero-order chi connectivity index (χ0) is 35.1. The summed E-state index contributed by atoms with van der Waals surface area (Å²) in [5, 5.41) is 4.10. The van der Waals surface area contributed by atoms with Crippen LogP contribution in [0.25, 0.3) is 100 Å². The van der Waals surface area contributed by atoms with Crippen LogP contribution in [-0.2, 0) is 0 Å². The lowest BCUT2D eigenvalue weighted by Gasteiger charge is -2.11. The maximum absolute atomic E-state index is 6.70. The summed E-state index contributed by atoms with van der Waals surface area (Å²) in [4.78, 5) is 15.1. The summed E-state index contributed by atoms with van der Waals surface area (Å²) in [6.45, 7) is 0. The molecule has 2 heterocycles. The van der Waals surface area contributed by atoms with Gasteiger partial charge in [0, 0.05) is 32.8 Å². The van der Waals surface area contributed by atoms with Gasteiger partial charge in [-0.05, 0) is 57.0 Å². The Bertz CT molecular complexity index is 2840. The summed E-state index contributed by atoms with van der Waals surface area (Å²) >= 11 is 0. The van der Waals surface area contributed by atoms with Gasteiger partial charge in [-0.15, -0.1) is 0 Å². The molecule has 0 atom stereocenters.